The van der Waals surface area contributed by atoms with Crippen molar-refractivity contribution in [1.82, 2.24) is 0 Å². The summed E-state index contributed by atoms with van der Waals surface area (Å²) in [6.07, 6.45) is 1.06. The highest BCUT2D eigenvalue weighted by Crippen LogP contribution is 2.27. The lowest BCUT2D eigenvalue weighted by Crippen LogP contribution is -2.02. The van der Waals surface area contributed by atoms with Crippen LogP contribution in [0.5, 0.6) is 0 Å². The van der Waals surface area contributed by atoms with E-state index in [4.69, 9.17) is 16.0 Å². The van der Waals surface area contributed by atoms with Crippen LogP contribution in [0, 0.1) is 12.7 Å². The van der Waals surface area contributed by atoms with Gasteiger partial charge in [-0.2, -0.15) is 0 Å². The van der Waals surface area contributed by atoms with E-state index >= 15 is 0 Å². The van der Waals surface area contributed by atoms with E-state index in [1.165, 1.54) is 18.4 Å². The highest BCUT2D eigenvalue weighted by molar-refractivity contribution is 6.29. The normalized spacial score (nSPS) is 12.7. The molecule has 2 rings (SSSR count). The van der Waals surface area contributed by atoms with Crippen LogP contribution in [0.25, 0.3) is 0 Å². The molecule has 2 aromatic rings. The Hall–Kier alpha value is -1.32. The van der Waals surface area contributed by atoms with Gasteiger partial charge in [-0.1, -0.05) is 6.07 Å². The maximum absolute atomic E-state index is 12.9. The molecule has 0 saturated carbocycles. The summed E-state index contributed by atoms with van der Waals surface area (Å²) in [6.45, 7) is 1.81. The molecule has 0 spiro atoms. The van der Waals surface area contributed by atoms with E-state index in [0.717, 1.165) is 11.1 Å². The lowest BCUT2D eigenvalue weighted by atomic mass is 10.00. The van der Waals surface area contributed by atoms with Gasteiger partial charge in [0.25, 0.3) is 0 Å². The van der Waals surface area contributed by atoms with Crippen molar-refractivity contribution in [2.75, 3.05) is 0 Å². The monoisotopic (exact) mass is 254 g/mol. The summed E-state index contributed by atoms with van der Waals surface area (Å²) < 4.78 is 17.8. The van der Waals surface area contributed by atoms with Gasteiger partial charge in [-0.25, -0.2) is 4.39 Å². The maximum atomic E-state index is 12.9. The fourth-order valence-electron chi connectivity index (χ4n) is 1.75. The Labute approximate surface area is 104 Å². The van der Waals surface area contributed by atoms with Crippen LogP contribution in [-0.2, 0) is 6.42 Å². The van der Waals surface area contributed by atoms with Crippen LogP contribution < -0.4 is 0 Å². The van der Waals surface area contributed by atoms with Gasteiger partial charge < -0.3 is 9.52 Å². The van der Waals surface area contributed by atoms with Crippen molar-refractivity contribution < 1.29 is 13.9 Å². The Bertz CT molecular complexity index is 522. The molecule has 0 saturated heterocycles. The van der Waals surface area contributed by atoms with E-state index in [1.807, 2.05) is 6.92 Å². The smallest absolute Gasteiger partial charge is 0.198 e. The molecule has 4 heteroatoms. The second-order valence-corrected chi connectivity index (χ2v) is 4.28. The van der Waals surface area contributed by atoms with Crippen molar-refractivity contribution in [3.63, 3.8) is 0 Å². The van der Waals surface area contributed by atoms with Gasteiger partial charge in [-0.3, -0.25) is 0 Å². The summed E-state index contributed by atoms with van der Waals surface area (Å²) in [5.41, 5.74) is 2.25. The Morgan fingerprint density at radius 1 is 1.41 bits per heavy atom. The quantitative estimate of drug-likeness (QED) is 0.907. The van der Waals surface area contributed by atoms with Gasteiger partial charge in [0.05, 0.1) is 12.4 Å². The van der Waals surface area contributed by atoms with Gasteiger partial charge in [-0.15, -0.1) is 0 Å². The molecule has 0 amide bonds. The van der Waals surface area contributed by atoms with Gasteiger partial charge in [0.1, 0.15) is 5.82 Å². The van der Waals surface area contributed by atoms with Crippen molar-refractivity contribution in [3.05, 3.63) is 58.3 Å². The number of benzene rings is 1. The first kappa shape index (κ1) is 12.1. The van der Waals surface area contributed by atoms with Crippen LogP contribution in [0.15, 0.2) is 34.9 Å². The lowest BCUT2D eigenvalue weighted by molar-refractivity contribution is 0.177. The second kappa shape index (κ2) is 4.90. The fraction of sp³-hybridized carbons (Fsp3) is 0.231. The maximum Gasteiger partial charge on any atom is 0.198 e. The third-order valence-electron chi connectivity index (χ3n) is 2.72. The number of hydrogen-bond donors (Lipinski definition) is 1. The Morgan fingerprint density at radius 3 is 2.76 bits per heavy atom. The summed E-state index contributed by atoms with van der Waals surface area (Å²) in [6, 6.07) is 6.12. The van der Waals surface area contributed by atoms with Crippen LogP contribution in [0.4, 0.5) is 4.39 Å². The molecule has 1 N–H and O–H groups in total. The fourth-order valence-corrected chi connectivity index (χ4v) is 1.99. The lowest BCUT2D eigenvalue weighted by Gasteiger charge is -2.11. The average Bonchev–Trinajstić information content (AvgIpc) is 2.68. The summed E-state index contributed by atoms with van der Waals surface area (Å²) in [4.78, 5) is 0. The molecule has 0 fully saturated rings. The zero-order valence-corrected chi connectivity index (χ0v) is 10.0. The first-order valence-electron chi connectivity index (χ1n) is 5.24. The van der Waals surface area contributed by atoms with Gasteiger partial charge in [-0.05, 0) is 47.9 Å². The zero-order chi connectivity index (χ0) is 12.4. The summed E-state index contributed by atoms with van der Waals surface area (Å²) in [7, 11) is 0. The van der Waals surface area contributed by atoms with Crippen LogP contribution in [0.1, 0.15) is 22.8 Å². The van der Waals surface area contributed by atoms with E-state index in [0.29, 0.717) is 12.0 Å². The van der Waals surface area contributed by atoms with Crippen LogP contribution >= 0.6 is 11.6 Å². The molecule has 0 radical (unpaired) electrons. The number of rotatable bonds is 3. The Kier molecular flexibility index (Phi) is 3.50. The molecule has 2 nitrogen and oxygen atoms in total. The Balaban J connectivity index is 2.19. The number of furan rings is 1. The number of hydrogen-bond acceptors (Lipinski definition) is 2. The molecule has 1 aromatic carbocycles. The molecule has 1 atom stereocenters. The van der Waals surface area contributed by atoms with E-state index < -0.39 is 6.10 Å². The first-order chi connectivity index (χ1) is 8.08. The van der Waals surface area contributed by atoms with E-state index in [-0.39, 0.29) is 11.0 Å². The van der Waals surface area contributed by atoms with Crippen molar-refractivity contribution >= 4 is 11.6 Å². The highest BCUT2D eigenvalue weighted by atomic mass is 35.5. The molecule has 0 aliphatic carbocycles. The van der Waals surface area contributed by atoms with E-state index in [9.17, 15) is 9.50 Å². The van der Waals surface area contributed by atoms with Crippen LogP contribution in [0.2, 0.25) is 5.22 Å². The largest absolute Gasteiger partial charge is 0.453 e. The Morgan fingerprint density at radius 2 is 2.18 bits per heavy atom. The third-order valence-corrected chi connectivity index (χ3v) is 3.03. The zero-order valence-electron chi connectivity index (χ0n) is 9.28. The minimum absolute atomic E-state index is 0.192. The topological polar surface area (TPSA) is 33.4 Å². The van der Waals surface area contributed by atoms with Gasteiger partial charge >= 0.3 is 0 Å². The van der Waals surface area contributed by atoms with Crippen molar-refractivity contribution in [1.29, 1.82) is 0 Å². The standard InChI is InChI=1S/C13H12ClFO2/c1-8-6-10(15)3-2-9(8)7-12(16)11-4-5-17-13(11)14/h2-6,12,16H,7H2,1H3. The SMILES string of the molecule is Cc1cc(F)ccc1CC(O)c1ccoc1Cl. The van der Waals surface area contributed by atoms with Crippen LogP contribution in [0.3, 0.4) is 0 Å². The minimum Gasteiger partial charge on any atom is -0.453 e. The molecule has 1 heterocycles. The van der Waals surface area contributed by atoms with E-state index in [1.54, 1.807) is 12.1 Å². The predicted octanol–water partition coefficient (Wildman–Crippen LogP) is 3.66. The van der Waals surface area contributed by atoms with Gasteiger partial charge in [0.15, 0.2) is 5.22 Å². The minimum atomic E-state index is -0.745. The highest BCUT2D eigenvalue weighted by Gasteiger charge is 2.15. The van der Waals surface area contributed by atoms with Crippen molar-refractivity contribution in [3.8, 4) is 0 Å². The molecule has 0 bridgehead atoms. The summed E-state index contributed by atoms with van der Waals surface area (Å²) in [5.74, 6) is -0.276. The third kappa shape index (κ3) is 2.68. The number of aryl methyl sites for hydroxylation is 1. The molecule has 90 valence electrons. The molecule has 17 heavy (non-hydrogen) atoms. The van der Waals surface area contributed by atoms with Gasteiger partial charge in [0, 0.05) is 12.0 Å². The van der Waals surface area contributed by atoms with Gasteiger partial charge in [0.2, 0.25) is 0 Å². The van der Waals surface area contributed by atoms with Crippen molar-refractivity contribution in [2.24, 2.45) is 0 Å². The number of aliphatic hydroxyl groups is 1. The second-order valence-electron chi connectivity index (χ2n) is 3.94. The molecule has 1 aromatic heterocycles. The number of aliphatic hydroxyl groups excluding tert-OH is 1. The average molecular weight is 255 g/mol. The predicted molar refractivity (Wildman–Crippen MR) is 63.5 cm³/mol. The molecule has 1 unspecified atom stereocenters. The summed E-state index contributed by atoms with van der Waals surface area (Å²) >= 11 is 5.78. The number of halogens is 2. The molecular weight excluding hydrogens is 243 g/mol. The molecule has 0 aliphatic rings. The van der Waals surface area contributed by atoms with Crippen LogP contribution in [-0.4, -0.2) is 5.11 Å². The first-order valence-corrected chi connectivity index (χ1v) is 5.61. The summed E-state index contributed by atoms with van der Waals surface area (Å²) in [5, 5.41) is 10.2. The molecule has 0 aliphatic heterocycles. The van der Waals surface area contributed by atoms with Crippen molar-refractivity contribution in [2.45, 2.75) is 19.4 Å². The molecular formula is C13H12ClFO2. The van der Waals surface area contributed by atoms with E-state index in [2.05, 4.69) is 0 Å².